The maximum absolute atomic E-state index is 11.7. The Balaban J connectivity index is 2.91. The number of hydrogen-bond acceptors (Lipinski definition) is 4. The van der Waals surface area contributed by atoms with Crippen LogP contribution in [0.2, 0.25) is 0 Å². The standard InChI is InChI=1S/C10H15N3O3/c1-6-7(2)12-13-10(16)8(6)9(15)11-4-3-5-14/h14H,3-5H2,1-2H3,(H,11,15)(H,13,16). The van der Waals surface area contributed by atoms with E-state index >= 15 is 0 Å². The molecule has 1 aromatic rings. The minimum absolute atomic E-state index is 0.00495. The van der Waals surface area contributed by atoms with Crippen molar-refractivity contribution < 1.29 is 9.90 Å². The predicted octanol–water partition coefficient (Wildman–Crippen LogP) is -0.501. The lowest BCUT2D eigenvalue weighted by atomic mass is 10.1. The number of nitrogens with one attached hydrogen (secondary N) is 2. The van der Waals surface area contributed by atoms with Gasteiger partial charge in [-0.1, -0.05) is 0 Å². The van der Waals surface area contributed by atoms with Gasteiger partial charge in [-0.3, -0.25) is 9.59 Å². The summed E-state index contributed by atoms with van der Waals surface area (Å²) in [5.41, 5.74) is 0.784. The molecule has 0 saturated heterocycles. The minimum Gasteiger partial charge on any atom is -0.396 e. The molecule has 1 rings (SSSR count). The molecule has 0 aliphatic carbocycles. The maximum atomic E-state index is 11.7. The van der Waals surface area contributed by atoms with Crippen molar-refractivity contribution in [2.24, 2.45) is 0 Å². The first-order chi connectivity index (χ1) is 7.57. The van der Waals surface area contributed by atoms with Crippen LogP contribution in [0.3, 0.4) is 0 Å². The van der Waals surface area contributed by atoms with Gasteiger partial charge in [0.15, 0.2) is 0 Å². The molecule has 16 heavy (non-hydrogen) atoms. The zero-order valence-electron chi connectivity index (χ0n) is 9.33. The summed E-state index contributed by atoms with van der Waals surface area (Å²) in [6.07, 6.45) is 0.465. The first-order valence-electron chi connectivity index (χ1n) is 5.03. The molecule has 0 atom stereocenters. The SMILES string of the molecule is Cc1n[nH]c(=O)c(C(=O)NCCCO)c1C. The van der Waals surface area contributed by atoms with Crippen LogP contribution < -0.4 is 10.9 Å². The third-order valence-corrected chi connectivity index (χ3v) is 2.32. The molecule has 0 bridgehead atoms. The van der Waals surface area contributed by atoms with Gasteiger partial charge in [0.2, 0.25) is 0 Å². The third-order valence-electron chi connectivity index (χ3n) is 2.32. The molecule has 0 aromatic carbocycles. The highest BCUT2D eigenvalue weighted by atomic mass is 16.3. The lowest BCUT2D eigenvalue weighted by Gasteiger charge is -2.07. The van der Waals surface area contributed by atoms with Crippen molar-refractivity contribution in [3.05, 3.63) is 27.2 Å². The number of aliphatic hydroxyl groups is 1. The second-order valence-corrected chi connectivity index (χ2v) is 3.47. The molecule has 0 spiro atoms. The zero-order chi connectivity index (χ0) is 12.1. The van der Waals surface area contributed by atoms with E-state index in [9.17, 15) is 9.59 Å². The molecule has 0 unspecified atom stereocenters. The number of carbonyl (C=O) groups excluding carboxylic acids is 1. The zero-order valence-corrected chi connectivity index (χ0v) is 9.33. The van der Waals surface area contributed by atoms with Gasteiger partial charge in [0.25, 0.3) is 11.5 Å². The summed E-state index contributed by atoms with van der Waals surface area (Å²) in [5.74, 6) is -0.433. The van der Waals surface area contributed by atoms with Crippen LogP contribution in [0.5, 0.6) is 0 Å². The third kappa shape index (κ3) is 2.66. The normalized spacial score (nSPS) is 10.2. The largest absolute Gasteiger partial charge is 0.396 e. The number of H-pyrrole nitrogens is 1. The molecule has 88 valence electrons. The van der Waals surface area contributed by atoms with Crippen LogP contribution >= 0.6 is 0 Å². The van der Waals surface area contributed by atoms with E-state index in [1.807, 2.05) is 0 Å². The topological polar surface area (TPSA) is 95.1 Å². The second kappa shape index (κ2) is 5.41. The Morgan fingerprint density at radius 2 is 2.19 bits per heavy atom. The molecular weight excluding hydrogens is 210 g/mol. The van der Waals surface area contributed by atoms with Gasteiger partial charge in [-0.2, -0.15) is 5.10 Å². The van der Waals surface area contributed by atoms with Gasteiger partial charge in [0.05, 0.1) is 5.69 Å². The Morgan fingerprint density at radius 3 is 2.81 bits per heavy atom. The van der Waals surface area contributed by atoms with Gasteiger partial charge in [0, 0.05) is 13.2 Å². The summed E-state index contributed by atoms with van der Waals surface area (Å²) in [4.78, 5) is 23.1. The molecular formula is C10H15N3O3. The molecule has 0 fully saturated rings. The van der Waals surface area contributed by atoms with Gasteiger partial charge < -0.3 is 10.4 Å². The summed E-state index contributed by atoms with van der Waals surface area (Å²) in [6.45, 7) is 3.74. The number of rotatable bonds is 4. The average Bonchev–Trinajstić information content (AvgIpc) is 2.24. The number of aryl methyl sites for hydroxylation is 1. The highest BCUT2D eigenvalue weighted by Gasteiger charge is 2.15. The fraction of sp³-hybridized carbons (Fsp3) is 0.500. The smallest absolute Gasteiger partial charge is 0.277 e. The van der Waals surface area contributed by atoms with Crippen LogP contribution in [0.4, 0.5) is 0 Å². The van der Waals surface area contributed by atoms with Crippen molar-refractivity contribution in [3.8, 4) is 0 Å². The van der Waals surface area contributed by atoms with Crippen molar-refractivity contribution in [1.82, 2.24) is 15.5 Å². The quantitative estimate of drug-likeness (QED) is 0.602. The highest BCUT2D eigenvalue weighted by molar-refractivity contribution is 5.95. The molecule has 6 nitrogen and oxygen atoms in total. The Kier molecular flexibility index (Phi) is 4.19. The van der Waals surface area contributed by atoms with Gasteiger partial charge in [0.1, 0.15) is 5.56 Å². The monoisotopic (exact) mass is 225 g/mol. The van der Waals surface area contributed by atoms with E-state index in [0.29, 0.717) is 24.2 Å². The second-order valence-electron chi connectivity index (χ2n) is 3.47. The summed E-state index contributed by atoms with van der Waals surface area (Å²) in [5, 5.41) is 17.2. The van der Waals surface area contributed by atoms with E-state index in [4.69, 9.17) is 5.11 Å². The lowest BCUT2D eigenvalue weighted by molar-refractivity contribution is 0.0948. The number of aromatic nitrogens is 2. The Labute approximate surface area is 92.7 Å². The first kappa shape index (κ1) is 12.4. The molecule has 6 heteroatoms. The Hall–Kier alpha value is -1.69. The number of nitrogens with zero attached hydrogens (tertiary/aromatic N) is 1. The van der Waals surface area contributed by atoms with Crippen molar-refractivity contribution in [1.29, 1.82) is 0 Å². The summed E-state index contributed by atoms with van der Waals surface area (Å²) in [7, 11) is 0. The Bertz CT molecular complexity index is 439. The molecule has 0 aliphatic rings. The van der Waals surface area contributed by atoms with Crippen molar-refractivity contribution >= 4 is 5.91 Å². The number of aliphatic hydroxyl groups excluding tert-OH is 1. The number of hydrogen-bond donors (Lipinski definition) is 3. The van der Waals surface area contributed by atoms with E-state index in [2.05, 4.69) is 15.5 Å². The van der Waals surface area contributed by atoms with Crippen LogP contribution in [-0.2, 0) is 0 Å². The number of aromatic amines is 1. The van der Waals surface area contributed by atoms with Gasteiger partial charge in [-0.05, 0) is 25.8 Å². The highest BCUT2D eigenvalue weighted by Crippen LogP contribution is 2.04. The molecule has 3 N–H and O–H groups in total. The van der Waals surface area contributed by atoms with Crippen LogP contribution in [0.25, 0.3) is 0 Å². The molecule has 0 saturated carbocycles. The number of amides is 1. The predicted molar refractivity (Wildman–Crippen MR) is 58.4 cm³/mol. The molecule has 1 amide bonds. The van der Waals surface area contributed by atoms with Crippen LogP contribution in [0, 0.1) is 13.8 Å². The molecule has 0 radical (unpaired) electrons. The summed E-state index contributed by atoms with van der Waals surface area (Å²) < 4.78 is 0. The van der Waals surface area contributed by atoms with Crippen molar-refractivity contribution in [3.63, 3.8) is 0 Å². The van der Waals surface area contributed by atoms with Gasteiger partial charge in [-0.15, -0.1) is 0 Å². The minimum atomic E-state index is -0.496. The van der Waals surface area contributed by atoms with E-state index in [1.165, 1.54) is 0 Å². The molecule has 1 aromatic heterocycles. The average molecular weight is 225 g/mol. The molecule has 1 heterocycles. The van der Waals surface area contributed by atoms with Crippen LogP contribution in [-0.4, -0.2) is 34.4 Å². The van der Waals surface area contributed by atoms with E-state index < -0.39 is 11.5 Å². The van der Waals surface area contributed by atoms with E-state index in [-0.39, 0.29) is 12.2 Å². The van der Waals surface area contributed by atoms with Gasteiger partial charge >= 0.3 is 0 Å². The first-order valence-corrected chi connectivity index (χ1v) is 5.03. The Morgan fingerprint density at radius 1 is 1.50 bits per heavy atom. The van der Waals surface area contributed by atoms with Crippen molar-refractivity contribution in [2.45, 2.75) is 20.3 Å². The molecule has 0 aliphatic heterocycles. The number of carbonyl (C=O) groups is 1. The lowest BCUT2D eigenvalue weighted by Crippen LogP contribution is -2.32. The van der Waals surface area contributed by atoms with E-state index in [0.717, 1.165) is 0 Å². The van der Waals surface area contributed by atoms with Crippen molar-refractivity contribution in [2.75, 3.05) is 13.2 Å². The fourth-order valence-corrected chi connectivity index (χ4v) is 1.27. The van der Waals surface area contributed by atoms with Crippen LogP contribution in [0.15, 0.2) is 4.79 Å². The fourth-order valence-electron chi connectivity index (χ4n) is 1.27. The summed E-state index contributed by atoms with van der Waals surface area (Å²) in [6, 6.07) is 0. The van der Waals surface area contributed by atoms with Crippen LogP contribution in [0.1, 0.15) is 28.0 Å². The van der Waals surface area contributed by atoms with Gasteiger partial charge in [-0.25, -0.2) is 5.10 Å². The summed E-state index contributed by atoms with van der Waals surface area (Å²) >= 11 is 0. The van der Waals surface area contributed by atoms with E-state index in [1.54, 1.807) is 13.8 Å². The maximum Gasteiger partial charge on any atom is 0.277 e.